The molecule has 1 amide bonds. The Labute approximate surface area is 153 Å². The van der Waals surface area contributed by atoms with Gasteiger partial charge in [0, 0.05) is 25.1 Å². The highest BCUT2D eigenvalue weighted by Crippen LogP contribution is 2.23. The molecule has 0 spiro atoms. The number of aromatic nitrogens is 2. The first-order valence-electron chi connectivity index (χ1n) is 8.30. The number of benzene rings is 1. The molecule has 138 valence electrons. The molecule has 0 aliphatic rings. The highest BCUT2D eigenvalue weighted by molar-refractivity contribution is 5.93. The lowest BCUT2D eigenvalue weighted by Gasteiger charge is -2.19. The fraction of sp³-hybridized carbons (Fsp3) is 0.368. The van der Waals surface area contributed by atoms with Gasteiger partial charge in [-0.2, -0.15) is 0 Å². The zero-order valence-corrected chi connectivity index (χ0v) is 15.5. The number of amides is 1. The molecule has 0 saturated carbocycles. The molecule has 0 aliphatic heterocycles. The first-order chi connectivity index (χ1) is 12.3. The van der Waals surface area contributed by atoms with Crippen LogP contribution in [0.25, 0.3) is 0 Å². The van der Waals surface area contributed by atoms with E-state index >= 15 is 0 Å². The van der Waals surface area contributed by atoms with Crippen LogP contribution in [0.5, 0.6) is 0 Å². The number of nitrogens with zero attached hydrogens (tertiary/aromatic N) is 3. The summed E-state index contributed by atoms with van der Waals surface area (Å²) in [7, 11) is 1.67. The molecule has 7 heteroatoms. The lowest BCUT2D eigenvalue weighted by molar-refractivity contribution is -0.145. The van der Waals surface area contributed by atoms with E-state index in [0.717, 1.165) is 0 Å². The molecule has 7 nitrogen and oxygen atoms in total. The summed E-state index contributed by atoms with van der Waals surface area (Å²) in [6.07, 6.45) is 3.17. The number of carbonyl (C=O) groups excluding carboxylic acids is 2. The molecule has 0 saturated heterocycles. The molecule has 0 atom stereocenters. The van der Waals surface area contributed by atoms with Gasteiger partial charge in [-0.15, -0.1) is 0 Å². The van der Waals surface area contributed by atoms with E-state index in [9.17, 15) is 9.59 Å². The first kappa shape index (κ1) is 19.4. The summed E-state index contributed by atoms with van der Waals surface area (Å²) in [5, 5.41) is 2.71. The molecule has 1 aromatic carbocycles. The summed E-state index contributed by atoms with van der Waals surface area (Å²) >= 11 is 0. The maximum Gasteiger partial charge on any atom is 0.326 e. The Morgan fingerprint density at radius 3 is 2.31 bits per heavy atom. The van der Waals surface area contributed by atoms with Gasteiger partial charge in [0.15, 0.2) is 6.61 Å². The second-order valence-corrected chi connectivity index (χ2v) is 6.94. The molecule has 2 rings (SSSR count). The molecule has 1 N–H and O–H groups in total. The topological polar surface area (TPSA) is 84.4 Å². The van der Waals surface area contributed by atoms with Gasteiger partial charge < -0.3 is 15.0 Å². The quantitative estimate of drug-likeness (QED) is 0.800. The molecule has 0 radical (unpaired) electrons. The van der Waals surface area contributed by atoms with Crippen molar-refractivity contribution in [3.05, 3.63) is 48.3 Å². The summed E-state index contributed by atoms with van der Waals surface area (Å²) in [5.74, 6) is -0.508. The molecule has 2 aromatic rings. The van der Waals surface area contributed by atoms with Crippen molar-refractivity contribution in [2.75, 3.05) is 30.4 Å². The zero-order chi connectivity index (χ0) is 19.2. The van der Waals surface area contributed by atoms with Crippen molar-refractivity contribution in [1.29, 1.82) is 0 Å². The Morgan fingerprint density at radius 2 is 1.73 bits per heavy atom. The van der Waals surface area contributed by atoms with Crippen molar-refractivity contribution in [1.82, 2.24) is 9.97 Å². The number of esters is 1. The third kappa shape index (κ3) is 5.84. The zero-order valence-electron chi connectivity index (χ0n) is 15.5. The number of hydrogen-bond donors (Lipinski definition) is 1. The van der Waals surface area contributed by atoms with E-state index in [1.165, 1.54) is 5.56 Å². The van der Waals surface area contributed by atoms with E-state index in [1.54, 1.807) is 30.4 Å². The SMILES string of the molecule is CN(CC(=O)OCC(=O)Nc1ccc(C(C)(C)C)cc1)c1ncccn1. The third-order valence-corrected chi connectivity index (χ3v) is 3.66. The largest absolute Gasteiger partial charge is 0.454 e. The van der Waals surface area contributed by atoms with Gasteiger partial charge in [0.2, 0.25) is 5.95 Å². The van der Waals surface area contributed by atoms with Crippen molar-refractivity contribution >= 4 is 23.5 Å². The van der Waals surface area contributed by atoms with Crippen LogP contribution in [-0.2, 0) is 19.7 Å². The Morgan fingerprint density at radius 1 is 1.12 bits per heavy atom. The maximum atomic E-state index is 11.9. The minimum absolute atomic E-state index is 0.0441. The van der Waals surface area contributed by atoms with Crippen LogP contribution >= 0.6 is 0 Å². The van der Waals surface area contributed by atoms with Crippen molar-refractivity contribution < 1.29 is 14.3 Å². The van der Waals surface area contributed by atoms with E-state index < -0.39 is 5.97 Å². The fourth-order valence-electron chi connectivity index (χ4n) is 2.20. The van der Waals surface area contributed by atoms with E-state index in [2.05, 4.69) is 36.1 Å². The molecule has 1 heterocycles. The summed E-state index contributed by atoms with van der Waals surface area (Å²) in [6.45, 7) is 5.98. The number of anilines is 2. The molecule has 0 bridgehead atoms. The van der Waals surface area contributed by atoms with Crippen LogP contribution in [0.1, 0.15) is 26.3 Å². The monoisotopic (exact) mass is 356 g/mol. The average Bonchev–Trinajstić information content (AvgIpc) is 2.60. The van der Waals surface area contributed by atoms with Crippen molar-refractivity contribution in [2.24, 2.45) is 0 Å². The van der Waals surface area contributed by atoms with Crippen LogP contribution in [0.4, 0.5) is 11.6 Å². The highest BCUT2D eigenvalue weighted by atomic mass is 16.5. The number of ether oxygens (including phenoxy) is 1. The molecule has 1 aromatic heterocycles. The van der Waals surface area contributed by atoms with Crippen LogP contribution in [-0.4, -0.2) is 42.0 Å². The van der Waals surface area contributed by atoms with Gasteiger partial charge in [0.1, 0.15) is 6.54 Å². The van der Waals surface area contributed by atoms with E-state index in [0.29, 0.717) is 11.6 Å². The van der Waals surface area contributed by atoms with E-state index in [4.69, 9.17) is 4.74 Å². The van der Waals surface area contributed by atoms with Gasteiger partial charge in [-0.1, -0.05) is 32.9 Å². The molecule has 0 unspecified atom stereocenters. The second-order valence-electron chi connectivity index (χ2n) is 6.94. The minimum atomic E-state index is -0.529. The smallest absolute Gasteiger partial charge is 0.326 e. The maximum absolute atomic E-state index is 11.9. The predicted molar refractivity (Wildman–Crippen MR) is 100 cm³/mol. The fourth-order valence-corrected chi connectivity index (χ4v) is 2.20. The van der Waals surface area contributed by atoms with Crippen molar-refractivity contribution in [2.45, 2.75) is 26.2 Å². The van der Waals surface area contributed by atoms with E-state index in [-0.39, 0.29) is 24.5 Å². The lowest BCUT2D eigenvalue weighted by atomic mass is 9.87. The number of carbonyl (C=O) groups is 2. The van der Waals surface area contributed by atoms with Gasteiger partial charge >= 0.3 is 5.97 Å². The average molecular weight is 356 g/mol. The lowest BCUT2D eigenvalue weighted by Crippen LogP contribution is -2.30. The standard InChI is InChI=1S/C19H24N4O3/c1-19(2,3)14-6-8-15(9-7-14)22-16(24)13-26-17(25)12-23(4)18-20-10-5-11-21-18/h5-11H,12-13H2,1-4H3,(H,22,24). The van der Waals surface area contributed by atoms with E-state index in [1.807, 2.05) is 24.3 Å². The molecule has 0 aliphatic carbocycles. The highest BCUT2D eigenvalue weighted by Gasteiger charge is 2.14. The normalized spacial score (nSPS) is 10.9. The minimum Gasteiger partial charge on any atom is -0.454 e. The van der Waals surface area contributed by atoms with Gasteiger partial charge in [-0.25, -0.2) is 9.97 Å². The van der Waals surface area contributed by atoms with Crippen LogP contribution in [0.3, 0.4) is 0 Å². The van der Waals surface area contributed by atoms with Crippen LogP contribution < -0.4 is 10.2 Å². The van der Waals surface area contributed by atoms with Crippen LogP contribution in [0, 0.1) is 0 Å². The summed E-state index contributed by atoms with van der Waals surface area (Å²) < 4.78 is 5.00. The van der Waals surface area contributed by atoms with Gasteiger partial charge in [0.05, 0.1) is 0 Å². The number of nitrogens with one attached hydrogen (secondary N) is 1. The van der Waals surface area contributed by atoms with Crippen LogP contribution in [0.2, 0.25) is 0 Å². The first-order valence-corrected chi connectivity index (χ1v) is 8.30. The summed E-state index contributed by atoms with van der Waals surface area (Å²) in [5.41, 5.74) is 1.88. The summed E-state index contributed by atoms with van der Waals surface area (Å²) in [6, 6.07) is 9.29. The van der Waals surface area contributed by atoms with Crippen molar-refractivity contribution in [3.63, 3.8) is 0 Å². The van der Waals surface area contributed by atoms with Crippen LogP contribution in [0.15, 0.2) is 42.7 Å². The molecule has 26 heavy (non-hydrogen) atoms. The van der Waals surface area contributed by atoms with Gasteiger partial charge in [-0.3, -0.25) is 9.59 Å². The third-order valence-electron chi connectivity index (χ3n) is 3.66. The Hall–Kier alpha value is -2.96. The van der Waals surface area contributed by atoms with Crippen molar-refractivity contribution in [3.8, 4) is 0 Å². The number of likely N-dealkylation sites (N-methyl/N-ethyl adjacent to an activating group) is 1. The molecule has 0 fully saturated rings. The Balaban J connectivity index is 1.78. The second kappa shape index (κ2) is 8.42. The Bertz CT molecular complexity index is 740. The molecular formula is C19H24N4O3. The predicted octanol–water partition coefficient (Wildman–Crippen LogP) is 2.39. The summed E-state index contributed by atoms with van der Waals surface area (Å²) in [4.78, 5) is 33.4. The number of hydrogen-bond acceptors (Lipinski definition) is 6. The Kier molecular flexibility index (Phi) is 6.27. The number of rotatable bonds is 6. The molecular weight excluding hydrogens is 332 g/mol. The van der Waals surface area contributed by atoms with Gasteiger partial charge in [-0.05, 0) is 29.2 Å². The van der Waals surface area contributed by atoms with Gasteiger partial charge in [0.25, 0.3) is 5.91 Å².